The fourth-order valence-electron chi connectivity index (χ4n) is 2.09. The molecule has 2 N–H and O–H groups in total. The lowest BCUT2D eigenvalue weighted by Crippen LogP contribution is -1.95. The minimum absolute atomic E-state index is 0.0785. The number of carboxylic acid groups (broad SMARTS) is 1. The summed E-state index contributed by atoms with van der Waals surface area (Å²) < 4.78 is 5.18. The number of carboxylic acids is 1. The van der Waals surface area contributed by atoms with Gasteiger partial charge in [0.1, 0.15) is 11.4 Å². The molecule has 1 aromatic heterocycles. The van der Waals surface area contributed by atoms with E-state index < -0.39 is 5.97 Å². The second-order valence-corrected chi connectivity index (χ2v) is 4.40. The summed E-state index contributed by atoms with van der Waals surface area (Å²) in [6.07, 6.45) is 0. The van der Waals surface area contributed by atoms with Crippen molar-refractivity contribution >= 4 is 16.7 Å². The maximum absolute atomic E-state index is 10.8. The summed E-state index contributed by atoms with van der Waals surface area (Å²) in [4.78, 5) is 10.8. The number of hydrogen-bond acceptors (Lipinski definition) is 3. The third kappa shape index (κ3) is 2.09. The monoisotopic (exact) mass is 268 g/mol. The van der Waals surface area contributed by atoms with Crippen LogP contribution in [0.25, 0.3) is 22.0 Å². The van der Waals surface area contributed by atoms with Crippen LogP contribution in [0.15, 0.2) is 42.5 Å². The van der Waals surface area contributed by atoms with Crippen LogP contribution in [0.3, 0.4) is 0 Å². The Kier molecular flexibility index (Phi) is 2.87. The molecule has 1 heterocycles. The highest BCUT2D eigenvalue weighted by Crippen LogP contribution is 2.26. The number of fused-ring (bicyclic) bond motifs is 1. The van der Waals surface area contributed by atoms with Gasteiger partial charge in [-0.2, -0.15) is 5.10 Å². The minimum Gasteiger partial charge on any atom is -0.497 e. The molecule has 0 aliphatic rings. The zero-order chi connectivity index (χ0) is 14.1. The largest absolute Gasteiger partial charge is 0.497 e. The SMILES string of the molecule is COc1ccc2cc(-c3cc(C(=O)O)[nH]n3)ccc2c1. The van der Waals surface area contributed by atoms with Crippen LogP contribution in [0, 0.1) is 0 Å². The third-order valence-electron chi connectivity index (χ3n) is 3.15. The lowest BCUT2D eigenvalue weighted by molar-refractivity contribution is 0.0690. The van der Waals surface area contributed by atoms with Crippen molar-refractivity contribution < 1.29 is 14.6 Å². The molecule has 5 nitrogen and oxygen atoms in total. The van der Waals surface area contributed by atoms with Gasteiger partial charge in [-0.25, -0.2) is 4.79 Å². The van der Waals surface area contributed by atoms with Crippen molar-refractivity contribution in [2.75, 3.05) is 7.11 Å². The van der Waals surface area contributed by atoms with E-state index in [2.05, 4.69) is 10.2 Å². The lowest BCUT2D eigenvalue weighted by atomic mass is 10.0. The van der Waals surface area contributed by atoms with E-state index in [1.54, 1.807) is 7.11 Å². The first-order valence-corrected chi connectivity index (χ1v) is 6.04. The van der Waals surface area contributed by atoms with Crippen molar-refractivity contribution in [2.45, 2.75) is 0 Å². The maximum atomic E-state index is 10.8. The Labute approximate surface area is 114 Å². The highest BCUT2D eigenvalue weighted by Gasteiger charge is 2.09. The molecule has 100 valence electrons. The fourth-order valence-corrected chi connectivity index (χ4v) is 2.09. The van der Waals surface area contributed by atoms with Gasteiger partial charge >= 0.3 is 5.97 Å². The van der Waals surface area contributed by atoms with E-state index in [9.17, 15) is 4.79 Å². The van der Waals surface area contributed by atoms with Crippen LogP contribution in [0.2, 0.25) is 0 Å². The highest BCUT2D eigenvalue weighted by atomic mass is 16.5. The number of methoxy groups -OCH3 is 1. The zero-order valence-electron chi connectivity index (χ0n) is 10.8. The van der Waals surface area contributed by atoms with Crippen LogP contribution in [0.1, 0.15) is 10.5 Å². The van der Waals surface area contributed by atoms with Crippen molar-refractivity contribution in [3.8, 4) is 17.0 Å². The number of nitrogens with zero attached hydrogens (tertiary/aromatic N) is 1. The highest BCUT2D eigenvalue weighted by molar-refractivity contribution is 5.90. The predicted octanol–water partition coefficient (Wildman–Crippen LogP) is 2.94. The molecule has 0 atom stereocenters. The standard InChI is InChI=1S/C15H12N2O3/c1-20-12-5-4-9-6-11(3-2-10(9)7-12)13-8-14(15(18)19)17-16-13/h2-8H,1H3,(H,16,17)(H,18,19). The van der Waals surface area contributed by atoms with Gasteiger partial charge in [-0.05, 0) is 35.0 Å². The van der Waals surface area contributed by atoms with Crippen molar-refractivity contribution in [1.82, 2.24) is 10.2 Å². The molecule has 2 aromatic carbocycles. The summed E-state index contributed by atoms with van der Waals surface area (Å²) in [7, 11) is 1.63. The third-order valence-corrected chi connectivity index (χ3v) is 3.15. The van der Waals surface area contributed by atoms with Crippen molar-refractivity contribution in [2.24, 2.45) is 0 Å². The molecule has 0 saturated carbocycles. The van der Waals surface area contributed by atoms with Crippen LogP contribution >= 0.6 is 0 Å². The van der Waals surface area contributed by atoms with E-state index in [0.29, 0.717) is 5.69 Å². The number of ether oxygens (including phenoxy) is 1. The molecule has 0 saturated heterocycles. The molecule has 0 amide bonds. The molecule has 20 heavy (non-hydrogen) atoms. The van der Waals surface area contributed by atoms with Gasteiger partial charge in [0, 0.05) is 5.56 Å². The second-order valence-electron chi connectivity index (χ2n) is 4.40. The number of H-pyrrole nitrogens is 1. The maximum Gasteiger partial charge on any atom is 0.353 e. The molecule has 5 heteroatoms. The normalized spacial score (nSPS) is 10.7. The van der Waals surface area contributed by atoms with Gasteiger partial charge in [-0.15, -0.1) is 0 Å². The number of carbonyl (C=O) groups is 1. The van der Waals surface area contributed by atoms with Crippen LogP contribution in [0.4, 0.5) is 0 Å². The quantitative estimate of drug-likeness (QED) is 0.765. The van der Waals surface area contributed by atoms with Gasteiger partial charge in [0.15, 0.2) is 0 Å². The van der Waals surface area contributed by atoms with E-state index in [0.717, 1.165) is 22.1 Å². The number of aromatic carboxylic acids is 1. The molecular formula is C15H12N2O3. The van der Waals surface area contributed by atoms with Gasteiger partial charge in [0.25, 0.3) is 0 Å². The van der Waals surface area contributed by atoms with Crippen molar-refractivity contribution in [3.63, 3.8) is 0 Å². The molecular weight excluding hydrogens is 256 g/mol. The van der Waals surface area contributed by atoms with Gasteiger partial charge in [0.05, 0.1) is 12.8 Å². The van der Waals surface area contributed by atoms with Gasteiger partial charge in [0.2, 0.25) is 0 Å². The Morgan fingerprint density at radius 3 is 2.60 bits per heavy atom. The summed E-state index contributed by atoms with van der Waals surface area (Å²) in [5.74, 6) is -0.215. The Morgan fingerprint density at radius 2 is 1.90 bits per heavy atom. The summed E-state index contributed by atoms with van der Waals surface area (Å²) in [5.41, 5.74) is 1.56. The summed E-state index contributed by atoms with van der Waals surface area (Å²) in [5, 5.41) is 17.5. The van der Waals surface area contributed by atoms with E-state index >= 15 is 0 Å². The lowest BCUT2D eigenvalue weighted by Gasteiger charge is -2.04. The van der Waals surface area contributed by atoms with Gasteiger partial charge in [-0.1, -0.05) is 18.2 Å². The minimum atomic E-state index is -1.02. The molecule has 0 aliphatic carbocycles. The summed E-state index contributed by atoms with van der Waals surface area (Å²) in [6, 6.07) is 13.2. The first kappa shape index (κ1) is 12.2. The van der Waals surface area contributed by atoms with Crippen molar-refractivity contribution in [1.29, 1.82) is 0 Å². The van der Waals surface area contributed by atoms with Crippen molar-refractivity contribution in [3.05, 3.63) is 48.2 Å². The van der Waals surface area contributed by atoms with Crippen LogP contribution in [0.5, 0.6) is 5.75 Å². The number of hydrogen-bond donors (Lipinski definition) is 2. The summed E-state index contributed by atoms with van der Waals surface area (Å²) in [6.45, 7) is 0. The Balaban J connectivity index is 2.05. The molecule has 0 aliphatic heterocycles. The number of nitrogens with one attached hydrogen (secondary N) is 1. The molecule has 0 spiro atoms. The van der Waals surface area contributed by atoms with Crippen LogP contribution in [-0.4, -0.2) is 28.4 Å². The number of benzene rings is 2. The number of aromatic amines is 1. The number of aromatic nitrogens is 2. The first-order valence-electron chi connectivity index (χ1n) is 6.04. The average molecular weight is 268 g/mol. The van der Waals surface area contributed by atoms with E-state index in [1.807, 2.05) is 36.4 Å². The number of rotatable bonds is 3. The molecule has 3 rings (SSSR count). The average Bonchev–Trinajstić information content (AvgIpc) is 2.96. The zero-order valence-corrected chi connectivity index (χ0v) is 10.8. The van der Waals surface area contributed by atoms with E-state index in [-0.39, 0.29) is 5.69 Å². The van der Waals surface area contributed by atoms with Crippen LogP contribution in [-0.2, 0) is 0 Å². The molecule has 0 unspecified atom stereocenters. The molecule has 3 aromatic rings. The van der Waals surface area contributed by atoms with Gasteiger partial charge < -0.3 is 9.84 Å². The summed E-state index contributed by atoms with van der Waals surface area (Å²) >= 11 is 0. The van der Waals surface area contributed by atoms with Crippen LogP contribution < -0.4 is 4.74 Å². The van der Waals surface area contributed by atoms with E-state index in [1.165, 1.54) is 6.07 Å². The molecule has 0 bridgehead atoms. The fraction of sp³-hybridized carbons (Fsp3) is 0.0667. The topological polar surface area (TPSA) is 75.2 Å². The smallest absolute Gasteiger partial charge is 0.353 e. The van der Waals surface area contributed by atoms with Gasteiger partial charge in [-0.3, -0.25) is 5.10 Å². The Morgan fingerprint density at radius 1 is 1.15 bits per heavy atom. The van der Waals surface area contributed by atoms with E-state index in [4.69, 9.17) is 9.84 Å². The first-order chi connectivity index (χ1) is 9.67. The predicted molar refractivity (Wildman–Crippen MR) is 75.0 cm³/mol. The Hall–Kier alpha value is -2.82. The Bertz CT molecular complexity index is 793. The molecule has 0 radical (unpaired) electrons. The molecule has 0 fully saturated rings. The second kappa shape index (κ2) is 4.70.